The van der Waals surface area contributed by atoms with Crippen molar-refractivity contribution in [1.82, 2.24) is 15.5 Å². The second-order valence-electron chi connectivity index (χ2n) is 6.36. The molecule has 7 heteroatoms. The maximum Gasteiger partial charge on any atom is 0.220 e. The molecule has 1 amide bonds. The van der Waals surface area contributed by atoms with Gasteiger partial charge in [-0.15, -0.1) is 24.0 Å². The van der Waals surface area contributed by atoms with Crippen LogP contribution in [-0.2, 0) is 9.53 Å². The number of amides is 1. The number of hydrogen-bond donors (Lipinski definition) is 2. The predicted octanol–water partition coefficient (Wildman–Crippen LogP) is 2.62. The lowest BCUT2D eigenvalue weighted by molar-refractivity contribution is -0.121. The van der Waals surface area contributed by atoms with E-state index in [2.05, 4.69) is 29.4 Å². The largest absolute Gasteiger partial charge is 0.381 e. The van der Waals surface area contributed by atoms with E-state index < -0.39 is 0 Å². The number of carbonyl (C=O) groups is 1. The van der Waals surface area contributed by atoms with Crippen molar-refractivity contribution in [2.75, 3.05) is 46.4 Å². The number of rotatable bonds is 10. The molecule has 0 aromatic heterocycles. The van der Waals surface area contributed by atoms with Crippen molar-refractivity contribution in [3.05, 3.63) is 0 Å². The van der Waals surface area contributed by atoms with E-state index >= 15 is 0 Å². The Kier molecular flexibility index (Phi) is 15.3. The number of piperidine rings is 1. The Morgan fingerprint density at radius 2 is 1.88 bits per heavy atom. The van der Waals surface area contributed by atoms with Crippen molar-refractivity contribution in [3.8, 4) is 0 Å². The highest BCUT2D eigenvalue weighted by atomic mass is 127. The molecule has 148 valence electrons. The molecule has 0 aromatic carbocycles. The molecular weight excluding hydrogens is 431 g/mol. The Labute approximate surface area is 170 Å². The average Bonchev–Trinajstić information content (AvgIpc) is 2.60. The van der Waals surface area contributed by atoms with Gasteiger partial charge in [0.25, 0.3) is 0 Å². The van der Waals surface area contributed by atoms with E-state index in [-0.39, 0.29) is 29.9 Å². The molecule has 1 aliphatic heterocycles. The molecule has 1 aliphatic rings. The summed E-state index contributed by atoms with van der Waals surface area (Å²) < 4.78 is 5.58. The molecule has 0 aromatic rings. The summed E-state index contributed by atoms with van der Waals surface area (Å²) in [7, 11) is 1.71. The van der Waals surface area contributed by atoms with Crippen LogP contribution in [0.2, 0.25) is 0 Å². The molecule has 0 spiro atoms. The summed E-state index contributed by atoms with van der Waals surface area (Å²) >= 11 is 0. The van der Waals surface area contributed by atoms with Gasteiger partial charge in [0.2, 0.25) is 5.91 Å². The van der Waals surface area contributed by atoms with Gasteiger partial charge in [-0.05, 0) is 38.5 Å². The summed E-state index contributed by atoms with van der Waals surface area (Å²) in [6.45, 7) is 9.55. The quantitative estimate of drug-likeness (QED) is 0.224. The fourth-order valence-corrected chi connectivity index (χ4v) is 2.84. The third-order valence-corrected chi connectivity index (χ3v) is 4.35. The second-order valence-corrected chi connectivity index (χ2v) is 6.36. The van der Waals surface area contributed by atoms with E-state index in [1.54, 1.807) is 7.05 Å². The lowest BCUT2D eigenvalue weighted by Crippen LogP contribution is -2.46. The summed E-state index contributed by atoms with van der Waals surface area (Å²) in [5.74, 6) is 1.65. The van der Waals surface area contributed by atoms with Crippen LogP contribution in [0.1, 0.15) is 52.4 Å². The van der Waals surface area contributed by atoms with Crippen LogP contribution in [-0.4, -0.2) is 63.2 Å². The zero-order valence-corrected chi connectivity index (χ0v) is 18.5. The van der Waals surface area contributed by atoms with Gasteiger partial charge in [0.05, 0.1) is 0 Å². The van der Waals surface area contributed by atoms with Gasteiger partial charge in [-0.2, -0.15) is 0 Å². The molecule has 0 atom stereocenters. The molecule has 25 heavy (non-hydrogen) atoms. The standard InChI is InChI=1S/C18H36N4O2.HI/c1-4-6-13-24-14-7-10-21-18(20-5-2)22-11-8-16(9-12-22)15-17(23)19-3;/h16H,4-15H2,1-3H3,(H,19,23)(H,20,21);1H. The molecule has 2 N–H and O–H groups in total. The van der Waals surface area contributed by atoms with E-state index in [1.165, 1.54) is 6.42 Å². The monoisotopic (exact) mass is 468 g/mol. The summed E-state index contributed by atoms with van der Waals surface area (Å²) in [6.07, 6.45) is 6.03. The Hall–Kier alpha value is -0.570. The number of aliphatic imine (C=N–C) groups is 1. The first-order valence-corrected chi connectivity index (χ1v) is 9.52. The minimum Gasteiger partial charge on any atom is -0.381 e. The van der Waals surface area contributed by atoms with Crippen LogP contribution >= 0.6 is 24.0 Å². The first kappa shape index (κ1) is 24.4. The number of halogens is 1. The average molecular weight is 468 g/mol. The van der Waals surface area contributed by atoms with Crippen molar-refractivity contribution < 1.29 is 9.53 Å². The first-order valence-electron chi connectivity index (χ1n) is 9.52. The van der Waals surface area contributed by atoms with Crippen molar-refractivity contribution in [3.63, 3.8) is 0 Å². The van der Waals surface area contributed by atoms with Crippen LogP contribution in [0.4, 0.5) is 0 Å². The number of ether oxygens (including phenoxy) is 1. The highest BCUT2D eigenvalue weighted by Gasteiger charge is 2.22. The molecule has 0 unspecified atom stereocenters. The van der Waals surface area contributed by atoms with Gasteiger partial charge in [-0.3, -0.25) is 9.79 Å². The van der Waals surface area contributed by atoms with Crippen molar-refractivity contribution >= 4 is 35.8 Å². The number of guanidine groups is 1. The van der Waals surface area contributed by atoms with E-state index in [1.807, 2.05) is 0 Å². The molecule has 0 bridgehead atoms. The Bertz CT molecular complexity index is 372. The molecule has 1 heterocycles. The highest BCUT2D eigenvalue weighted by Crippen LogP contribution is 2.20. The van der Waals surface area contributed by atoms with Gasteiger partial charge >= 0.3 is 0 Å². The molecule has 0 aliphatic carbocycles. The van der Waals surface area contributed by atoms with Crippen molar-refractivity contribution in [1.29, 1.82) is 0 Å². The zero-order valence-electron chi connectivity index (χ0n) is 16.2. The Balaban J connectivity index is 0.00000576. The van der Waals surface area contributed by atoms with Crippen LogP contribution in [0.15, 0.2) is 4.99 Å². The van der Waals surface area contributed by atoms with E-state index in [0.717, 1.165) is 71.0 Å². The third-order valence-electron chi connectivity index (χ3n) is 4.35. The van der Waals surface area contributed by atoms with Crippen LogP contribution in [0.25, 0.3) is 0 Å². The number of unbranched alkanes of at least 4 members (excludes halogenated alkanes) is 1. The van der Waals surface area contributed by atoms with Gasteiger partial charge in [0.15, 0.2) is 5.96 Å². The molecule has 1 fully saturated rings. The first-order chi connectivity index (χ1) is 11.7. The topological polar surface area (TPSA) is 66.0 Å². The van der Waals surface area contributed by atoms with Crippen molar-refractivity contribution in [2.24, 2.45) is 10.9 Å². The lowest BCUT2D eigenvalue weighted by Gasteiger charge is -2.34. The number of likely N-dealkylation sites (tertiary alicyclic amines) is 1. The Morgan fingerprint density at radius 3 is 2.48 bits per heavy atom. The van der Waals surface area contributed by atoms with Gasteiger partial charge in [0.1, 0.15) is 0 Å². The second kappa shape index (κ2) is 15.7. The zero-order chi connectivity index (χ0) is 17.6. The van der Waals surface area contributed by atoms with Gasteiger partial charge in [-0.1, -0.05) is 13.3 Å². The highest BCUT2D eigenvalue weighted by molar-refractivity contribution is 14.0. The minimum atomic E-state index is 0. The number of carbonyl (C=O) groups excluding carboxylic acids is 1. The van der Waals surface area contributed by atoms with Crippen molar-refractivity contribution in [2.45, 2.75) is 52.4 Å². The van der Waals surface area contributed by atoms with E-state index in [9.17, 15) is 4.79 Å². The SMILES string of the molecule is CCCCOCCCN=C(NCC)N1CCC(CC(=O)NC)CC1.I. The Morgan fingerprint density at radius 1 is 1.20 bits per heavy atom. The number of hydrogen-bond acceptors (Lipinski definition) is 3. The lowest BCUT2D eigenvalue weighted by atomic mass is 9.93. The van der Waals surface area contributed by atoms with Gasteiger partial charge in [-0.25, -0.2) is 0 Å². The molecule has 0 radical (unpaired) electrons. The van der Waals surface area contributed by atoms with Crippen LogP contribution in [0, 0.1) is 5.92 Å². The molecule has 6 nitrogen and oxygen atoms in total. The van der Waals surface area contributed by atoms with Gasteiger partial charge in [0, 0.05) is 52.9 Å². The van der Waals surface area contributed by atoms with E-state index in [4.69, 9.17) is 9.73 Å². The minimum absolute atomic E-state index is 0. The molecule has 1 saturated heterocycles. The predicted molar refractivity (Wildman–Crippen MR) is 115 cm³/mol. The van der Waals surface area contributed by atoms with Gasteiger partial charge < -0.3 is 20.3 Å². The summed E-state index contributed by atoms with van der Waals surface area (Å²) in [5.41, 5.74) is 0. The smallest absolute Gasteiger partial charge is 0.220 e. The summed E-state index contributed by atoms with van der Waals surface area (Å²) in [6, 6.07) is 0. The molecular formula is C18H37IN4O2. The van der Waals surface area contributed by atoms with E-state index in [0.29, 0.717) is 12.3 Å². The summed E-state index contributed by atoms with van der Waals surface area (Å²) in [4.78, 5) is 18.5. The van der Waals surface area contributed by atoms with Crippen LogP contribution < -0.4 is 10.6 Å². The molecule has 0 saturated carbocycles. The fraction of sp³-hybridized carbons (Fsp3) is 0.889. The maximum absolute atomic E-state index is 11.5. The number of nitrogens with zero attached hydrogens (tertiary/aromatic N) is 2. The molecule has 1 rings (SSSR count). The normalized spacial score (nSPS) is 15.6. The summed E-state index contributed by atoms with van der Waals surface area (Å²) in [5, 5.41) is 6.10. The third kappa shape index (κ3) is 10.9. The van der Waals surface area contributed by atoms with Crippen LogP contribution in [0.3, 0.4) is 0 Å². The number of nitrogens with one attached hydrogen (secondary N) is 2. The van der Waals surface area contributed by atoms with Crippen LogP contribution in [0.5, 0.6) is 0 Å². The maximum atomic E-state index is 11.5. The fourth-order valence-electron chi connectivity index (χ4n) is 2.84.